The summed E-state index contributed by atoms with van der Waals surface area (Å²) in [5.74, 6) is 0. The molecule has 0 aliphatic heterocycles. The average molecular weight is 331 g/mol. The quantitative estimate of drug-likeness (QED) is 0.490. The number of halogens is 1. The second-order valence-corrected chi connectivity index (χ2v) is 5.19. The van der Waals surface area contributed by atoms with Gasteiger partial charge in [-0.2, -0.15) is 10.4 Å². The summed E-state index contributed by atoms with van der Waals surface area (Å²) in [6, 6.07) is 7.69. The van der Waals surface area contributed by atoms with Crippen LogP contribution in [0.25, 0.3) is 0 Å². The zero-order chi connectivity index (χ0) is 17.1. The lowest BCUT2D eigenvalue weighted by Crippen LogP contribution is -2.22. The Kier molecular flexibility index (Phi) is 4.57. The molecule has 1 aromatic carbocycles. The molecule has 0 spiro atoms. The van der Waals surface area contributed by atoms with Crippen LogP contribution in [0.4, 0.5) is 5.69 Å². The number of rotatable bonds is 3. The van der Waals surface area contributed by atoms with Crippen LogP contribution < -0.4 is 5.56 Å². The van der Waals surface area contributed by atoms with E-state index in [2.05, 4.69) is 5.10 Å². The topological polar surface area (TPSA) is 101 Å². The molecular formula is C15H11ClN4O3. The molecule has 0 N–H and O–H groups in total. The second-order valence-electron chi connectivity index (χ2n) is 4.79. The number of aromatic nitrogens is 1. The summed E-state index contributed by atoms with van der Waals surface area (Å²) in [6.45, 7) is 3.35. The molecule has 2 rings (SSSR count). The predicted octanol–water partition coefficient (Wildman–Crippen LogP) is 2.78. The van der Waals surface area contributed by atoms with Gasteiger partial charge in [0.05, 0.1) is 11.1 Å². The van der Waals surface area contributed by atoms with E-state index in [0.29, 0.717) is 16.8 Å². The summed E-state index contributed by atoms with van der Waals surface area (Å²) in [5, 5.41) is 23.9. The van der Waals surface area contributed by atoms with E-state index in [0.717, 1.165) is 4.68 Å². The van der Waals surface area contributed by atoms with Gasteiger partial charge in [-0.05, 0) is 31.5 Å². The number of benzene rings is 1. The third-order valence-electron chi connectivity index (χ3n) is 3.16. The number of nitro benzene ring substituents is 1. The van der Waals surface area contributed by atoms with Crippen molar-refractivity contribution in [1.29, 1.82) is 5.26 Å². The van der Waals surface area contributed by atoms with Gasteiger partial charge in [-0.3, -0.25) is 14.9 Å². The van der Waals surface area contributed by atoms with E-state index in [4.69, 9.17) is 16.9 Å². The standard InChI is InChI=1S/C15H11ClN4O3/c1-9-5-10(2)19(15(21)12(9)7-17)18-8-11-3-4-13(16)14(6-11)20(22)23/h3-6,8H,1-2H3. The molecule has 0 fully saturated rings. The lowest BCUT2D eigenvalue weighted by atomic mass is 10.1. The first-order chi connectivity index (χ1) is 10.8. The van der Waals surface area contributed by atoms with Crippen molar-refractivity contribution in [2.24, 2.45) is 5.10 Å². The second kappa shape index (κ2) is 6.42. The third-order valence-corrected chi connectivity index (χ3v) is 3.48. The average Bonchev–Trinajstić information content (AvgIpc) is 2.48. The highest BCUT2D eigenvalue weighted by molar-refractivity contribution is 6.32. The van der Waals surface area contributed by atoms with Crippen LogP contribution in [-0.2, 0) is 0 Å². The Hall–Kier alpha value is -2.98. The van der Waals surface area contributed by atoms with Crippen LogP contribution in [0.15, 0.2) is 34.2 Å². The minimum atomic E-state index is -0.600. The summed E-state index contributed by atoms with van der Waals surface area (Å²) < 4.78 is 1.08. The normalized spacial score (nSPS) is 10.7. The van der Waals surface area contributed by atoms with Crippen molar-refractivity contribution in [1.82, 2.24) is 4.68 Å². The maximum absolute atomic E-state index is 12.2. The van der Waals surface area contributed by atoms with Gasteiger partial charge < -0.3 is 0 Å². The van der Waals surface area contributed by atoms with E-state index in [1.54, 1.807) is 26.0 Å². The van der Waals surface area contributed by atoms with E-state index in [1.807, 2.05) is 6.07 Å². The van der Waals surface area contributed by atoms with Crippen molar-refractivity contribution in [2.75, 3.05) is 0 Å². The van der Waals surface area contributed by atoms with Gasteiger partial charge in [0.15, 0.2) is 0 Å². The summed E-state index contributed by atoms with van der Waals surface area (Å²) in [4.78, 5) is 22.5. The Balaban J connectivity index is 2.50. The maximum atomic E-state index is 12.2. The molecule has 0 atom stereocenters. The Labute approximate surface area is 136 Å². The fraction of sp³-hybridized carbons (Fsp3) is 0.133. The molecule has 0 saturated heterocycles. The van der Waals surface area contributed by atoms with E-state index >= 15 is 0 Å². The molecule has 2 aromatic rings. The third kappa shape index (κ3) is 3.27. The van der Waals surface area contributed by atoms with Crippen molar-refractivity contribution < 1.29 is 4.92 Å². The molecule has 23 heavy (non-hydrogen) atoms. The molecule has 8 heteroatoms. The van der Waals surface area contributed by atoms with Gasteiger partial charge in [-0.25, -0.2) is 4.68 Å². The van der Waals surface area contributed by atoms with Crippen LogP contribution >= 0.6 is 11.6 Å². The van der Waals surface area contributed by atoms with Gasteiger partial charge in [0.25, 0.3) is 11.2 Å². The number of nitriles is 1. The van der Waals surface area contributed by atoms with Crippen LogP contribution in [0.3, 0.4) is 0 Å². The van der Waals surface area contributed by atoms with Crippen molar-refractivity contribution in [3.05, 3.63) is 72.1 Å². The molecule has 1 aromatic heterocycles. The van der Waals surface area contributed by atoms with Crippen LogP contribution in [0.5, 0.6) is 0 Å². The smallest absolute Gasteiger partial charge is 0.266 e. The van der Waals surface area contributed by atoms with Gasteiger partial charge >= 0.3 is 0 Å². The van der Waals surface area contributed by atoms with Crippen LogP contribution in [-0.4, -0.2) is 15.8 Å². The van der Waals surface area contributed by atoms with Crippen molar-refractivity contribution in [3.63, 3.8) is 0 Å². The van der Waals surface area contributed by atoms with Gasteiger partial charge in [0.1, 0.15) is 16.7 Å². The maximum Gasteiger partial charge on any atom is 0.289 e. The van der Waals surface area contributed by atoms with Gasteiger partial charge in [0, 0.05) is 17.3 Å². The van der Waals surface area contributed by atoms with Crippen molar-refractivity contribution in [3.8, 4) is 6.07 Å². The monoisotopic (exact) mass is 330 g/mol. The van der Waals surface area contributed by atoms with Crippen LogP contribution in [0.1, 0.15) is 22.4 Å². The predicted molar refractivity (Wildman–Crippen MR) is 86.0 cm³/mol. The molecule has 0 unspecified atom stereocenters. The number of aryl methyl sites for hydroxylation is 2. The molecule has 0 aliphatic rings. The molecule has 0 amide bonds. The zero-order valence-corrected chi connectivity index (χ0v) is 13.0. The summed E-state index contributed by atoms with van der Waals surface area (Å²) >= 11 is 5.74. The van der Waals surface area contributed by atoms with Crippen molar-refractivity contribution >= 4 is 23.5 Å². The Morgan fingerprint density at radius 3 is 2.70 bits per heavy atom. The molecule has 0 bridgehead atoms. The Morgan fingerprint density at radius 1 is 1.39 bits per heavy atom. The van der Waals surface area contributed by atoms with Crippen molar-refractivity contribution in [2.45, 2.75) is 13.8 Å². The van der Waals surface area contributed by atoms with E-state index < -0.39 is 10.5 Å². The number of nitrogens with zero attached hydrogens (tertiary/aromatic N) is 4. The Bertz CT molecular complexity index is 926. The first kappa shape index (κ1) is 16.4. The fourth-order valence-corrected chi connectivity index (χ4v) is 2.22. The molecular weight excluding hydrogens is 320 g/mol. The number of nitro groups is 1. The van der Waals surface area contributed by atoms with Gasteiger partial charge in [0.2, 0.25) is 0 Å². The zero-order valence-electron chi connectivity index (χ0n) is 12.3. The summed E-state index contributed by atoms with van der Waals surface area (Å²) in [6.07, 6.45) is 1.30. The van der Waals surface area contributed by atoms with E-state index in [1.165, 1.54) is 18.3 Å². The molecule has 7 nitrogen and oxygen atoms in total. The van der Waals surface area contributed by atoms with E-state index in [-0.39, 0.29) is 16.3 Å². The first-order valence-corrected chi connectivity index (χ1v) is 6.84. The first-order valence-electron chi connectivity index (χ1n) is 6.46. The summed E-state index contributed by atoms with van der Waals surface area (Å²) in [7, 11) is 0. The molecule has 0 saturated carbocycles. The van der Waals surface area contributed by atoms with E-state index in [9.17, 15) is 14.9 Å². The lowest BCUT2D eigenvalue weighted by Gasteiger charge is -2.06. The van der Waals surface area contributed by atoms with Crippen LogP contribution in [0, 0.1) is 35.3 Å². The fourth-order valence-electron chi connectivity index (χ4n) is 2.04. The van der Waals surface area contributed by atoms with Gasteiger partial charge in [-0.1, -0.05) is 17.7 Å². The Morgan fingerprint density at radius 2 is 2.09 bits per heavy atom. The molecule has 0 radical (unpaired) electrons. The highest BCUT2D eigenvalue weighted by Crippen LogP contribution is 2.24. The number of hydrogen-bond acceptors (Lipinski definition) is 5. The highest BCUT2D eigenvalue weighted by atomic mass is 35.5. The molecule has 0 aliphatic carbocycles. The summed E-state index contributed by atoms with van der Waals surface area (Å²) in [5.41, 5.74) is 0.752. The molecule has 116 valence electrons. The SMILES string of the molecule is Cc1cc(C)n(N=Cc2ccc(Cl)c([N+](=O)[O-])c2)c(=O)c1C#N. The number of hydrogen-bond donors (Lipinski definition) is 0. The largest absolute Gasteiger partial charge is 0.289 e. The lowest BCUT2D eigenvalue weighted by molar-refractivity contribution is -0.384. The van der Waals surface area contributed by atoms with Crippen LogP contribution in [0.2, 0.25) is 5.02 Å². The highest BCUT2D eigenvalue weighted by Gasteiger charge is 2.12. The minimum absolute atomic E-state index is 0.00911. The number of pyridine rings is 1. The van der Waals surface area contributed by atoms with Gasteiger partial charge in [-0.15, -0.1) is 0 Å². The molecule has 1 heterocycles. The minimum Gasteiger partial charge on any atom is -0.266 e.